The lowest BCUT2D eigenvalue weighted by Gasteiger charge is -2.14. The van der Waals surface area contributed by atoms with Gasteiger partial charge in [0.1, 0.15) is 6.04 Å². The number of nitrogens with zero attached hydrogens (tertiary/aromatic N) is 1. The Morgan fingerprint density at radius 2 is 1.97 bits per heavy atom. The second kappa shape index (κ2) is 15.4. The molecule has 0 amide bonds. The van der Waals surface area contributed by atoms with Crippen molar-refractivity contribution >= 4 is 35.3 Å². The molecule has 0 aliphatic rings. The van der Waals surface area contributed by atoms with Gasteiger partial charge in [-0.25, -0.2) is 9.59 Å². The Morgan fingerprint density at radius 1 is 1.24 bits per heavy atom. The fourth-order valence-corrected chi connectivity index (χ4v) is 2.54. The number of benzene rings is 1. The summed E-state index contributed by atoms with van der Waals surface area (Å²) >= 11 is 4.70. The van der Waals surface area contributed by atoms with Crippen LogP contribution in [0, 0.1) is 10.1 Å². The molecule has 0 saturated heterocycles. The first-order valence-electron chi connectivity index (χ1n) is 10.0. The third kappa shape index (κ3) is 12.2. The molecule has 0 aliphatic heterocycles. The second-order valence-electron chi connectivity index (χ2n) is 6.64. The third-order valence-electron chi connectivity index (χ3n) is 4.08. The molecule has 1 aromatic carbocycles. The monoisotopic (exact) mass is 484 g/mol. The van der Waals surface area contributed by atoms with Gasteiger partial charge in [-0.05, 0) is 61.7 Å². The van der Waals surface area contributed by atoms with E-state index in [-0.39, 0.29) is 29.8 Å². The fourth-order valence-electron chi connectivity index (χ4n) is 2.44. The number of methoxy groups -OCH3 is 1. The van der Waals surface area contributed by atoms with Gasteiger partial charge in [-0.15, -0.1) is 10.1 Å². The Balaban J connectivity index is 2.51. The van der Waals surface area contributed by atoms with E-state index in [1.54, 1.807) is 12.1 Å². The van der Waals surface area contributed by atoms with Crippen LogP contribution in [-0.2, 0) is 19.2 Å². The van der Waals surface area contributed by atoms with Crippen molar-refractivity contribution in [2.45, 2.75) is 31.7 Å². The van der Waals surface area contributed by atoms with Crippen LogP contribution in [0.3, 0.4) is 0 Å². The Hall–Kier alpha value is -3.45. The van der Waals surface area contributed by atoms with Gasteiger partial charge in [0.05, 0.1) is 20.3 Å². The number of hydrogen-bond acceptors (Lipinski definition) is 10. The number of hydrogen-bond donors (Lipinski definition) is 3. The molecule has 12 nitrogen and oxygen atoms in total. The van der Waals surface area contributed by atoms with Crippen LogP contribution in [0.1, 0.15) is 31.2 Å². The van der Waals surface area contributed by atoms with Gasteiger partial charge < -0.3 is 35.8 Å². The number of unbranched alkanes of at least 4 members (excludes halogenated alkanes) is 1. The molecule has 1 atom stereocenters. The van der Waals surface area contributed by atoms with Crippen LogP contribution in [0.25, 0.3) is 6.08 Å². The molecule has 182 valence electrons. The number of thiocarbonyl (C=S) groups is 1. The van der Waals surface area contributed by atoms with E-state index in [9.17, 15) is 19.7 Å². The first-order chi connectivity index (χ1) is 15.7. The Kier molecular flexibility index (Phi) is 12.8. The Bertz CT molecular complexity index is 849. The van der Waals surface area contributed by atoms with Crippen molar-refractivity contribution in [2.24, 2.45) is 11.5 Å². The first kappa shape index (κ1) is 27.6. The SMILES string of the molecule is COc1cc(C=CC(=O)OCCCCO[N+](=O)[O-])ccc1OC(=O)C(N)CCCNC(N)=S. The second-order valence-corrected chi connectivity index (χ2v) is 7.08. The van der Waals surface area contributed by atoms with Crippen LogP contribution in [-0.4, -0.2) is 55.0 Å². The lowest BCUT2D eigenvalue weighted by Crippen LogP contribution is -2.36. The van der Waals surface area contributed by atoms with Crippen molar-refractivity contribution in [3.8, 4) is 11.5 Å². The summed E-state index contributed by atoms with van der Waals surface area (Å²) in [6.45, 7) is 0.554. The average molecular weight is 485 g/mol. The molecule has 0 radical (unpaired) electrons. The maximum absolute atomic E-state index is 12.2. The minimum Gasteiger partial charge on any atom is -0.493 e. The van der Waals surface area contributed by atoms with Crippen LogP contribution in [0.5, 0.6) is 11.5 Å². The zero-order chi connectivity index (χ0) is 24.6. The topological polar surface area (TPSA) is 178 Å². The Morgan fingerprint density at radius 3 is 2.64 bits per heavy atom. The average Bonchev–Trinajstić information content (AvgIpc) is 2.77. The van der Waals surface area contributed by atoms with Gasteiger partial charge in [0.2, 0.25) is 0 Å². The van der Waals surface area contributed by atoms with Crippen LogP contribution < -0.4 is 26.3 Å². The van der Waals surface area contributed by atoms with E-state index in [0.717, 1.165) is 0 Å². The zero-order valence-corrected chi connectivity index (χ0v) is 19.0. The van der Waals surface area contributed by atoms with Gasteiger partial charge in [-0.3, -0.25) is 0 Å². The van der Waals surface area contributed by atoms with Gasteiger partial charge in [0.25, 0.3) is 5.09 Å². The summed E-state index contributed by atoms with van der Waals surface area (Å²) in [6.07, 6.45) is 4.51. The minimum atomic E-state index is -0.872. The number of nitrogens with one attached hydrogen (secondary N) is 1. The molecule has 0 spiro atoms. The molecule has 0 aromatic heterocycles. The lowest BCUT2D eigenvalue weighted by molar-refractivity contribution is -0.757. The van der Waals surface area contributed by atoms with Crippen molar-refractivity contribution in [3.05, 3.63) is 40.0 Å². The molecule has 1 aromatic rings. The highest BCUT2D eigenvalue weighted by molar-refractivity contribution is 7.80. The predicted octanol–water partition coefficient (Wildman–Crippen LogP) is 1.09. The fraction of sp³-hybridized carbons (Fsp3) is 0.450. The Labute approximate surface area is 196 Å². The van der Waals surface area contributed by atoms with Crippen molar-refractivity contribution in [1.82, 2.24) is 5.32 Å². The number of nitrogens with two attached hydrogens (primary N) is 2. The van der Waals surface area contributed by atoms with Crippen LogP contribution in [0.2, 0.25) is 0 Å². The van der Waals surface area contributed by atoms with E-state index < -0.39 is 23.1 Å². The molecule has 0 aliphatic carbocycles. The first-order valence-corrected chi connectivity index (χ1v) is 10.4. The molecule has 0 fully saturated rings. The predicted molar refractivity (Wildman–Crippen MR) is 123 cm³/mol. The molecule has 1 unspecified atom stereocenters. The summed E-state index contributed by atoms with van der Waals surface area (Å²) in [5.41, 5.74) is 11.8. The number of esters is 2. The van der Waals surface area contributed by atoms with Gasteiger partial charge >= 0.3 is 11.9 Å². The molecule has 1 rings (SSSR count). The van der Waals surface area contributed by atoms with Crippen LogP contribution in [0.15, 0.2) is 24.3 Å². The summed E-state index contributed by atoms with van der Waals surface area (Å²) in [5, 5.41) is 12.1. The highest BCUT2D eigenvalue weighted by atomic mass is 32.1. The summed E-state index contributed by atoms with van der Waals surface area (Å²) in [7, 11) is 1.42. The van der Waals surface area contributed by atoms with Gasteiger partial charge in [-0.1, -0.05) is 6.07 Å². The van der Waals surface area contributed by atoms with Gasteiger partial charge in [0.15, 0.2) is 16.6 Å². The smallest absolute Gasteiger partial charge is 0.330 e. The molecule has 5 N–H and O–H groups in total. The molecule has 0 saturated carbocycles. The molecular weight excluding hydrogens is 456 g/mol. The van der Waals surface area contributed by atoms with E-state index in [4.69, 9.17) is 37.9 Å². The van der Waals surface area contributed by atoms with Crippen molar-refractivity contribution < 1.29 is 33.7 Å². The third-order valence-corrected chi connectivity index (χ3v) is 4.23. The molecule has 0 heterocycles. The van der Waals surface area contributed by atoms with E-state index in [2.05, 4.69) is 10.2 Å². The molecule has 13 heteroatoms. The number of carbonyl (C=O) groups is 2. The molecule has 0 bridgehead atoms. The maximum Gasteiger partial charge on any atom is 0.330 e. The lowest BCUT2D eigenvalue weighted by atomic mass is 10.1. The van der Waals surface area contributed by atoms with Gasteiger partial charge in [0, 0.05) is 12.6 Å². The van der Waals surface area contributed by atoms with Crippen molar-refractivity contribution in [3.63, 3.8) is 0 Å². The van der Waals surface area contributed by atoms with E-state index in [1.807, 2.05) is 0 Å². The quantitative estimate of drug-likeness (QED) is 0.0614. The summed E-state index contributed by atoms with van der Waals surface area (Å²) in [4.78, 5) is 38.2. The van der Waals surface area contributed by atoms with E-state index in [0.29, 0.717) is 37.8 Å². The van der Waals surface area contributed by atoms with Crippen LogP contribution >= 0.6 is 12.2 Å². The number of rotatable bonds is 15. The summed E-state index contributed by atoms with van der Waals surface area (Å²) < 4.78 is 15.6. The van der Waals surface area contributed by atoms with E-state index in [1.165, 1.54) is 25.3 Å². The zero-order valence-electron chi connectivity index (χ0n) is 18.2. The van der Waals surface area contributed by atoms with Crippen LogP contribution in [0.4, 0.5) is 0 Å². The minimum absolute atomic E-state index is 0.0534. The van der Waals surface area contributed by atoms with Crippen molar-refractivity contribution in [1.29, 1.82) is 0 Å². The van der Waals surface area contributed by atoms with E-state index >= 15 is 0 Å². The van der Waals surface area contributed by atoms with Gasteiger partial charge in [-0.2, -0.15) is 0 Å². The number of carbonyl (C=O) groups excluding carboxylic acids is 2. The van der Waals surface area contributed by atoms with Crippen molar-refractivity contribution in [2.75, 3.05) is 26.9 Å². The standard InChI is InChI=1S/C20H28N4O8S/c1-29-17-13-14(7-9-18(25)30-11-2-3-12-31-24(27)28)6-8-16(17)32-19(26)15(21)5-4-10-23-20(22)33/h6-9,13,15H,2-5,10-12,21H2,1H3,(H3,22,23,33). The largest absolute Gasteiger partial charge is 0.493 e. The number of ether oxygens (including phenoxy) is 3. The highest BCUT2D eigenvalue weighted by Crippen LogP contribution is 2.29. The summed E-state index contributed by atoms with van der Waals surface area (Å²) in [6, 6.07) is 3.90. The normalized spacial score (nSPS) is 11.5. The highest BCUT2D eigenvalue weighted by Gasteiger charge is 2.18. The maximum atomic E-state index is 12.2. The molecule has 33 heavy (non-hydrogen) atoms. The molecular formula is C20H28N4O8S. The summed E-state index contributed by atoms with van der Waals surface area (Å²) in [5.74, 6) is -0.711.